The second-order valence-electron chi connectivity index (χ2n) is 5.94. The Kier molecular flexibility index (Phi) is 4.23. The van der Waals surface area contributed by atoms with Crippen molar-refractivity contribution in [1.29, 1.82) is 0 Å². The molecular weight excluding hydrogens is 344 g/mol. The molecule has 7 heteroatoms. The van der Waals surface area contributed by atoms with Crippen LogP contribution in [0, 0.1) is 6.92 Å². The van der Waals surface area contributed by atoms with E-state index in [2.05, 4.69) is 4.72 Å². The summed E-state index contributed by atoms with van der Waals surface area (Å²) in [4.78, 5) is 12.2. The number of sulfonamides is 1. The van der Waals surface area contributed by atoms with Crippen LogP contribution in [0.5, 0.6) is 0 Å². The number of aromatic nitrogens is 1. The fourth-order valence-corrected chi connectivity index (χ4v) is 4.80. The van der Waals surface area contributed by atoms with Crippen LogP contribution in [0.1, 0.15) is 25.5 Å². The van der Waals surface area contributed by atoms with Crippen molar-refractivity contribution in [2.45, 2.75) is 31.7 Å². The fourth-order valence-electron chi connectivity index (χ4n) is 2.60. The van der Waals surface area contributed by atoms with E-state index in [-0.39, 0.29) is 15.8 Å². The number of hydrogen-bond donors (Lipinski definition) is 1. The molecule has 3 aromatic rings. The molecule has 0 aliphatic carbocycles. The van der Waals surface area contributed by atoms with Gasteiger partial charge in [-0.15, -0.1) is 0 Å². The van der Waals surface area contributed by atoms with Gasteiger partial charge in [0.1, 0.15) is 0 Å². The number of fused-ring (bicyclic) bond motifs is 1. The zero-order valence-corrected chi connectivity index (χ0v) is 15.2. The third-order valence-corrected chi connectivity index (χ3v) is 5.98. The summed E-state index contributed by atoms with van der Waals surface area (Å²) in [6, 6.07) is 12.0. The van der Waals surface area contributed by atoms with Gasteiger partial charge in [0.25, 0.3) is 10.0 Å². The molecule has 5 nitrogen and oxygen atoms in total. The summed E-state index contributed by atoms with van der Waals surface area (Å²) >= 11 is 1.06. The van der Waals surface area contributed by atoms with Crippen LogP contribution in [-0.2, 0) is 10.0 Å². The molecule has 0 unspecified atom stereocenters. The van der Waals surface area contributed by atoms with Gasteiger partial charge in [0, 0.05) is 11.7 Å². The van der Waals surface area contributed by atoms with E-state index in [9.17, 15) is 13.2 Å². The largest absolute Gasteiger partial charge is 0.308 e. The molecule has 1 heterocycles. The van der Waals surface area contributed by atoms with Crippen LogP contribution >= 0.6 is 11.3 Å². The second-order valence-corrected chi connectivity index (χ2v) is 8.61. The predicted molar refractivity (Wildman–Crippen MR) is 98.5 cm³/mol. The first-order valence-corrected chi connectivity index (χ1v) is 9.82. The number of hydrogen-bond acceptors (Lipinski definition) is 4. The van der Waals surface area contributed by atoms with Gasteiger partial charge in [0.05, 0.1) is 15.1 Å². The zero-order valence-electron chi connectivity index (χ0n) is 13.6. The minimum atomic E-state index is -3.70. The van der Waals surface area contributed by atoms with Gasteiger partial charge in [-0.25, -0.2) is 8.42 Å². The van der Waals surface area contributed by atoms with Gasteiger partial charge in [0.2, 0.25) is 0 Å². The summed E-state index contributed by atoms with van der Waals surface area (Å²) in [5.74, 6) is 0. The molecule has 1 N–H and O–H groups in total. The van der Waals surface area contributed by atoms with Crippen molar-refractivity contribution in [3.63, 3.8) is 0 Å². The first-order valence-electron chi connectivity index (χ1n) is 7.52. The molecule has 0 aliphatic heterocycles. The van der Waals surface area contributed by atoms with Gasteiger partial charge in [-0.1, -0.05) is 23.5 Å². The monoisotopic (exact) mass is 362 g/mol. The molecule has 0 radical (unpaired) electrons. The summed E-state index contributed by atoms with van der Waals surface area (Å²) in [7, 11) is -3.70. The molecule has 0 saturated carbocycles. The average Bonchev–Trinajstić information content (AvgIpc) is 2.81. The fraction of sp³-hybridized carbons (Fsp3) is 0.235. The SMILES string of the molecule is Cc1cccc(NS(=O)(=O)c2ccc3c(c2)sc(=O)n3C(C)C)c1. The summed E-state index contributed by atoms with van der Waals surface area (Å²) in [5, 5.41) is 0. The van der Waals surface area contributed by atoms with Crippen LogP contribution in [0.3, 0.4) is 0 Å². The molecule has 0 saturated heterocycles. The zero-order chi connectivity index (χ0) is 17.5. The number of benzene rings is 2. The number of rotatable bonds is 4. The maximum absolute atomic E-state index is 12.6. The topological polar surface area (TPSA) is 68.2 Å². The van der Waals surface area contributed by atoms with E-state index in [1.165, 1.54) is 6.07 Å². The highest BCUT2D eigenvalue weighted by atomic mass is 32.2. The second kappa shape index (κ2) is 6.07. The summed E-state index contributed by atoms with van der Waals surface area (Å²) in [6.45, 7) is 5.75. The lowest BCUT2D eigenvalue weighted by atomic mass is 10.2. The highest BCUT2D eigenvalue weighted by Gasteiger charge is 2.17. The lowest BCUT2D eigenvalue weighted by molar-refractivity contribution is 0.601. The molecular formula is C17H18N2O3S2. The van der Waals surface area contributed by atoms with E-state index in [1.54, 1.807) is 34.9 Å². The first kappa shape index (κ1) is 16.7. The van der Waals surface area contributed by atoms with Gasteiger partial charge in [-0.05, 0) is 56.7 Å². The molecule has 2 aromatic carbocycles. The summed E-state index contributed by atoms with van der Waals surface area (Å²) < 4.78 is 30.1. The van der Waals surface area contributed by atoms with Crippen molar-refractivity contribution in [3.05, 3.63) is 57.7 Å². The van der Waals surface area contributed by atoms with Crippen LogP contribution in [0.25, 0.3) is 10.2 Å². The van der Waals surface area contributed by atoms with Crippen molar-refractivity contribution in [1.82, 2.24) is 4.57 Å². The third-order valence-electron chi connectivity index (χ3n) is 3.68. The van der Waals surface area contributed by atoms with Gasteiger partial charge in [-0.3, -0.25) is 14.1 Å². The standard InChI is InChI=1S/C17H18N2O3S2/c1-11(2)19-15-8-7-14(10-16(15)23-17(19)20)24(21,22)18-13-6-4-5-12(3)9-13/h4-11,18H,1-3H3. The average molecular weight is 362 g/mol. The van der Waals surface area contributed by atoms with Crippen LogP contribution in [0.15, 0.2) is 52.2 Å². The Labute approximate surface area is 144 Å². The smallest absolute Gasteiger partial charge is 0.296 e. The van der Waals surface area contributed by atoms with E-state index in [0.29, 0.717) is 10.4 Å². The van der Waals surface area contributed by atoms with Crippen molar-refractivity contribution in [3.8, 4) is 0 Å². The van der Waals surface area contributed by atoms with Gasteiger partial charge in [0.15, 0.2) is 0 Å². The minimum Gasteiger partial charge on any atom is -0.296 e. The molecule has 0 spiro atoms. The van der Waals surface area contributed by atoms with Crippen molar-refractivity contribution in [2.75, 3.05) is 4.72 Å². The Hall–Kier alpha value is -2.12. The maximum Gasteiger partial charge on any atom is 0.308 e. The van der Waals surface area contributed by atoms with Crippen LogP contribution in [-0.4, -0.2) is 13.0 Å². The molecule has 24 heavy (non-hydrogen) atoms. The van der Waals surface area contributed by atoms with Crippen molar-refractivity contribution < 1.29 is 8.42 Å². The Balaban J connectivity index is 2.04. The number of thiazole rings is 1. The van der Waals surface area contributed by atoms with Crippen molar-refractivity contribution in [2.24, 2.45) is 0 Å². The molecule has 0 bridgehead atoms. The number of anilines is 1. The highest BCUT2D eigenvalue weighted by Crippen LogP contribution is 2.25. The van der Waals surface area contributed by atoms with Crippen LogP contribution in [0.4, 0.5) is 5.69 Å². The first-order chi connectivity index (χ1) is 11.3. The summed E-state index contributed by atoms with van der Waals surface area (Å²) in [6.07, 6.45) is 0. The number of aryl methyl sites for hydroxylation is 1. The Morgan fingerprint density at radius 3 is 2.54 bits per heavy atom. The lowest BCUT2D eigenvalue weighted by Gasteiger charge is -2.10. The minimum absolute atomic E-state index is 0.0270. The van der Waals surface area contributed by atoms with E-state index in [1.807, 2.05) is 26.8 Å². The normalized spacial score (nSPS) is 12.0. The highest BCUT2D eigenvalue weighted by molar-refractivity contribution is 7.92. The van der Waals surface area contributed by atoms with E-state index >= 15 is 0 Å². The molecule has 0 fully saturated rings. The molecule has 1 aromatic heterocycles. The summed E-state index contributed by atoms with van der Waals surface area (Å²) in [5.41, 5.74) is 2.25. The Morgan fingerprint density at radius 2 is 1.88 bits per heavy atom. The van der Waals surface area contributed by atoms with Gasteiger partial charge >= 0.3 is 4.87 Å². The lowest BCUT2D eigenvalue weighted by Crippen LogP contribution is -2.15. The number of nitrogens with zero attached hydrogens (tertiary/aromatic N) is 1. The molecule has 126 valence electrons. The predicted octanol–water partition coefficient (Wildman–Crippen LogP) is 3.75. The molecule has 0 amide bonds. The Morgan fingerprint density at radius 1 is 1.12 bits per heavy atom. The van der Waals surface area contributed by atoms with E-state index < -0.39 is 10.0 Å². The Bertz CT molecular complexity index is 1060. The number of nitrogens with one attached hydrogen (secondary N) is 1. The molecule has 0 atom stereocenters. The van der Waals surface area contributed by atoms with E-state index in [4.69, 9.17) is 0 Å². The van der Waals surface area contributed by atoms with Crippen LogP contribution < -0.4 is 9.60 Å². The van der Waals surface area contributed by atoms with Crippen LogP contribution in [0.2, 0.25) is 0 Å². The molecule has 3 rings (SSSR count). The quantitative estimate of drug-likeness (QED) is 0.768. The maximum atomic E-state index is 12.6. The third kappa shape index (κ3) is 3.09. The van der Waals surface area contributed by atoms with E-state index in [0.717, 1.165) is 22.4 Å². The van der Waals surface area contributed by atoms with Gasteiger partial charge < -0.3 is 0 Å². The van der Waals surface area contributed by atoms with Gasteiger partial charge in [-0.2, -0.15) is 0 Å². The van der Waals surface area contributed by atoms with Crippen molar-refractivity contribution >= 4 is 37.3 Å². The molecule has 0 aliphatic rings.